The molecule has 1 amide bonds. The molecule has 2 aromatic carbocycles. The van der Waals surface area contributed by atoms with Crippen molar-refractivity contribution >= 4 is 28.2 Å². The topological polar surface area (TPSA) is 51.5 Å². The quantitative estimate of drug-likeness (QED) is 0.495. The summed E-state index contributed by atoms with van der Waals surface area (Å²) in [4.78, 5) is 13.8. The molecule has 0 bridgehead atoms. The molecule has 0 radical (unpaired) electrons. The number of benzene rings is 2. The molecule has 6 heteroatoms. The number of amides is 1. The lowest BCUT2D eigenvalue weighted by Gasteiger charge is -2.18. The highest BCUT2D eigenvalue weighted by Crippen LogP contribution is 2.28. The van der Waals surface area contributed by atoms with Crippen LogP contribution in [0.4, 0.5) is 4.39 Å². The minimum atomic E-state index is -0.327. The van der Waals surface area contributed by atoms with Crippen molar-refractivity contribution in [1.82, 2.24) is 5.32 Å². The van der Waals surface area contributed by atoms with Crippen molar-refractivity contribution in [3.63, 3.8) is 0 Å². The van der Waals surface area contributed by atoms with Gasteiger partial charge in [0.05, 0.1) is 25.8 Å². The number of thiophene rings is 1. The van der Waals surface area contributed by atoms with Gasteiger partial charge in [-0.05, 0) is 41.3 Å². The van der Waals surface area contributed by atoms with Gasteiger partial charge in [0.15, 0.2) is 0 Å². The minimum absolute atomic E-state index is 0.138. The lowest BCUT2D eigenvalue weighted by atomic mass is 10.0. The van der Waals surface area contributed by atoms with E-state index in [2.05, 4.69) is 5.32 Å². The molecule has 1 N–H and O–H groups in total. The molecule has 0 fully saturated rings. The summed E-state index contributed by atoms with van der Waals surface area (Å²) < 4.78 is 24.1. The molecule has 28 heavy (non-hydrogen) atoms. The second kappa shape index (κ2) is 7.86. The van der Waals surface area contributed by atoms with E-state index in [0.717, 1.165) is 21.4 Å². The molecule has 2 aromatic heterocycles. The van der Waals surface area contributed by atoms with E-state index in [-0.39, 0.29) is 24.2 Å². The second-order valence-electron chi connectivity index (χ2n) is 6.37. The zero-order valence-electron chi connectivity index (χ0n) is 15.1. The SMILES string of the molecule is COc1ccc2c(CC(=O)N[C@H](c3ccc(F)cc3)c3cccs3)coc2c1. The van der Waals surface area contributed by atoms with Crippen LogP contribution in [0.15, 0.2) is 70.7 Å². The average Bonchev–Trinajstić information content (AvgIpc) is 3.37. The zero-order chi connectivity index (χ0) is 19.5. The third-order valence-corrected chi connectivity index (χ3v) is 5.49. The number of carbonyl (C=O) groups is 1. The highest BCUT2D eigenvalue weighted by molar-refractivity contribution is 7.10. The number of halogens is 1. The highest BCUT2D eigenvalue weighted by Gasteiger charge is 2.19. The number of carbonyl (C=O) groups excluding carboxylic acids is 1. The highest BCUT2D eigenvalue weighted by atomic mass is 32.1. The molecule has 0 aliphatic rings. The van der Waals surface area contributed by atoms with E-state index in [9.17, 15) is 9.18 Å². The fourth-order valence-electron chi connectivity index (χ4n) is 3.14. The smallest absolute Gasteiger partial charge is 0.225 e. The maximum atomic E-state index is 13.3. The van der Waals surface area contributed by atoms with Gasteiger partial charge in [0, 0.05) is 21.9 Å². The van der Waals surface area contributed by atoms with E-state index < -0.39 is 0 Å². The van der Waals surface area contributed by atoms with Gasteiger partial charge in [-0.3, -0.25) is 4.79 Å². The van der Waals surface area contributed by atoms with E-state index in [1.807, 2.05) is 29.6 Å². The molecule has 0 aliphatic carbocycles. The van der Waals surface area contributed by atoms with Crippen LogP contribution in [0.25, 0.3) is 11.0 Å². The van der Waals surface area contributed by atoms with Crippen molar-refractivity contribution in [1.29, 1.82) is 0 Å². The number of ether oxygens (including phenoxy) is 1. The number of rotatable bonds is 6. The van der Waals surface area contributed by atoms with E-state index in [0.29, 0.717) is 11.3 Å². The van der Waals surface area contributed by atoms with Crippen molar-refractivity contribution in [2.24, 2.45) is 0 Å². The van der Waals surface area contributed by atoms with Gasteiger partial charge in [-0.25, -0.2) is 4.39 Å². The summed E-state index contributed by atoms with van der Waals surface area (Å²) in [5, 5.41) is 5.90. The molecule has 0 unspecified atom stereocenters. The first kappa shape index (κ1) is 18.3. The maximum absolute atomic E-state index is 13.3. The fourth-order valence-corrected chi connectivity index (χ4v) is 3.94. The molecule has 4 nitrogen and oxygen atoms in total. The van der Waals surface area contributed by atoms with E-state index in [1.54, 1.807) is 42.9 Å². The normalized spacial score (nSPS) is 12.1. The van der Waals surface area contributed by atoms with Crippen LogP contribution in [0.5, 0.6) is 5.75 Å². The van der Waals surface area contributed by atoms with Gasteiger partial charge in [-0.15, -0.1) is 11.3 Å². The maximum Gasteiger partial charge on any atom is 0.225 e. The lowest BCUT2D eigenvalue weighted by molar-refractivity contribution is -0.120. The van der Waals surface area contributed by atoms with Crippen LogP contribution < -0.4 is 10.1 Å². The molecule has 0 spiro atoms. The number of hydrogen-bond donors (Lipinski definition) is 1. The summed E-state index contributed by atoms with van der Waals surface area (Å²) in [5.41, 5.74) is 2.31. The van der Waals surface area contributed by atoms with Gasteiger partial charge in [0.25, 0.3) is 0 Å². The lowest BCUT2D eigenvalue weighted by Crippen LogP contribution is -2.30. The van der Waals surface area contributed by atoms with Crippen LogP contribution in [-0.2, 0) is 11.2 Å². The molecule has 4 rings (SSSR count). The summed E-state index contributed by atoms with van der Waals surface area (Å²) in [7, 11) is 1.60. The zero-order valence-corrected chi connectivity index (χ0v) is 16.0. The molecule has 142 valence electrons. The summed E-state index contributed by atoms with van der Waals surface area (Å²) in [6.07, 6.45) is 1.78. The van der Waals surface area contributed by atoms with Gasteiger partial charge in [0.2, 0.25) is 5.91 Å². The number of nitrogens with one attached hydrogen (secondary N) is 1. The van der Waals surface area contributed by atoms with E-state index >= 15 is 0 Å². The minimum Gasteiger partial charge on any atom is -0.497 e. The van der Waals surface area contributed by atoms with E-state index in [1.165, 1.54) is 12.1 Å². The molecule has 2 heterocycles. The number of hydrogen-bond acceptors (Lipinski definition) is 4. The second-order valence-corrected chi connectivity index (χ2v) is 7.35. The average molecular weight is 395 g/mol. The number of methoxy groups -OCH3 is 1. The van der Waals surface area contributed by atoms with Crippen LogP contribution in [0.2, 0.25) is 0 Å². The van der Waals surface area contributed by atoms with Crippen molar-refractivity contribution in [2.75, 3.05) is 7.11 Å². The van der Waals surface area contributed by atoms with Gasteiger partial charge in [-0.2, -0.15) is 0 Å². The Balaban J connectivity index is 1.56. The first-order valence-electron chi connectivity index (χ1n) is 8.76. The van der Waals surface area contributed by atoms with Gasteiger partial charge in [-0.1, -0.05) is 18.2 Å². The molecule has 1 atom stereocenters. The fraction of sp³-hybridized carbons (Fsp3) is 0.136. The summed E-state index contributed by atoms with van der Waals surface area (Å²) in [5.74, 6) is 0.258. The third-order valence-electron chi connectivity index (χ3n) is 4.55. The summed E-state index contributed by atoms with van der Waals surface area (Å²) in [6, 6.07) is 15.3. The Kier molecular flexibility index (Phi) is 5.12. The van der Waals surface area contributed by atoms with Crippen molar-refractivity contribution in [3.05, 3.63) is 88.1 Å². The standard InChI is InChI=1S/C22H18FNO3S/c1-26-17-8-9-18-15(13-27-19(18)12-17)11-21(25)24-22(20-3-2-10-28-20)14-4-6-16(23)7-5-14/h2-10,12-13,22H,11H2,1H3,(H,24,25)/t22-/m1/s1. The first-order valence-corrected chi connectivity index (χ1v) is 9.64. The van der Waals surface area contributed by atoms with Crippen LogP contribution in [-0.4, -0.2) is 13.0 Å². The summed E-state index contributed by atoms with van der Waals surface area (Å²) >= 11 is 1.55. The van der Waals surface area contributed by atoms with Crippen molar-refractivity contribution in [2.45, 2.75) is 12.5 Å². The molecule has 4 aromatic rings. The molecule has 0 saturated heterocycles. The monoisotopic (exact) mass is 395 g/mol. The Bertz CT molecular complexity index is 1090. The van der Waals surface area contributed by atoms with Crippen molar-refractivity contribution in [3.8, 4) is 5.75 Å². The molecular weight excluding hydrogens is 377 g/mol. The predicted octanol–water partition coefficient (Wildman–Crippen LogP) is 5.09. The Morgan fingerprint density at radius 3 is 2.75 bits per heavy atom. The van der Waals surface area contributed by atoms with E-state index in [4.69, 9.17) is 9.15 Å². The molecule has 0 aliphatic heterocycles. The third kappa shape index (κ3) is 3.77. The Morgan fingerprint density at radius 1 is 1.21 bits per heavy atom. The van der Waals surface area contributed by atoms with Crippen LogP contribution in [0.1, 0.15) is 22.0 Å². The van der Waals surface area contributed by atoms with Gasteiger partial charge < -0.3 is 14.5 Å². The van der Waals surface area contributed by atoms with Crippen LogP contribution in [0.3, 0.4) is 0 Å². The Hall–Kier alpha value is -3.12. The van der Waals surface area contributed by atoms with Gasteiger partial charge >= 0.3 is 0 Å². The van der Waals surface area contributed by atoms with Crippen LogP contribution in [0, 0.1) is 5.82 Å². The van der Waals surface area contributed by atoms with Crippen molar-refractivity contribution < 1.29 is 18.3 Å². The number of furan rings is 1. The molecule has 0 saturated carbocycles. The largest absolute Gasteiger partial charge is 0.497 e. The Morgan fingerprint density at radius 2 is 2.04 bits per heavy atom. The van der Waals surface area contributed by atoms with Crippen LogP contribution >= 0.6 is 11.3 Å². The Labute approximate surface area is 165 Å². The molecular formula is C22H18FNO3S. The summed E-state index contributed by atoms with van der Waals surface area (Å²) in [6.45, 7) is 0. The van der Waals surface area contributed by atoms with Gasteiger partial charge in [0.1, 0.15) is 17.1 Å². The predicted molar refractivity (Wildman–Crippen MR) is 107 cm³/mol. The first-order chi connectivity index (χ1) is 13.6. The number of fused-ring (bicyclic) bond motifs is 1.